The number of rotatable bonds is 8. The standard InChI is InChI=1S/C26H34N4O4/c1-33-21-9-10-22(23(16-21)34-2)26(32)30-14-12-29(13-15-30)24(20-7-3-4-8-20)25(31)28-18-19-6-5-11-27-17-19/h5-6,9-11,16-17,20,24H,3-4,7-8,12-15,18H2,1-2H3,(H,28,31). The fourth-order valence-electron chi connectivity index (χ4n) is 5.10. The van der Waals surface area contributed by atoms with Gasteiger partial charge in [0.05, 0.1) is 25.8 Å². The second-order valence-corrected chi connectivity index (χ2v) is 8.96. The van der Waals surface area contributed by atoms with Crippen LogP contribution in [0.1, 0.15) is 41.6 Å². The number of nitrogens with zero attached hydrogens (tertiary/aromatic N) is 3. The first kappa shape index (κ1) is 24.0. The summed E-state index contributed by atoms with van der Waals surface area (Å²) in [6.45, 7) is 2.98. The van der Waals surface area contributed by atoms with E-state index in [2.05, 4.69) is 15.2 Å². The number of carbonyl (C=O) groups excluding carboxylic acids is 2. The Hall–Kier alpha value is -3.13. The molecule has 1 saturated heterocycles. The lowest BCUT2D eigenvalue weighted by Gasteiger charge is -2.40. The van der Waals surface area contributed by atoms with Crippen molar-refractivity contribution >= 4 is 11.8 Å². The summed E-state index contributed by atoms with van der Waals surface area (Å²) in [5.41, 5.74) is 1.52. The smallest absolute Gasteiger partial charge is 0.257 e. The molecule has 1 unspecified atom stereocenters. The van der Waals surface area contributed by atoms with Crippen LogP contribution in [0.3, 0.4) is 0 Å². The second kappa shape index (κ2) is 11.3. The average molecular weight is 467 g/mol. The Morgan fingerprint density at radius 3 is 2.50 bits per heavy atom. The van der Waals surface area contributed by atoms with Gasteiger partial charge in [0.1, 0.15) is 11.5 Å². The van der Waals surface area contributed by atoms with Gasteiger partial charge in [-0.15, -0.1) is 0 Å². The summed E-state index contributed by atoms with van der Waals surface area (Å²) in [6, 6.07) is 8.94. The molecule has 0 bridgehead atoms. The van der Waals surface area contributed by atoms with E-state index in [-0.39, 0.29) is 17.9 Å². The molecule has 2 aliphatic rings. The minimum Gasteiger partial charge on any atom is -0.497 e. The van der Waals surface area contributed by atoms with Crippen molar-refractivity contribution in [2.75, 3.05) is 40.4 Å². The first-order chi connectivity index (χ1) is 16.6. The van der Waals surface area contributed by atoms with Gasteiger partial charge in [-0.1, -0.05) is 18.9 Å². The van der Waals surface area contributed by atoms with Crippen LogP contribution in [0.15, 0.2) is 42.7 Å². The van der Waals surface area contributed by atoms with Crippen LogP contribution in [-0.2, 0) is 11.3 Å². The van der Waals surface area contributed by atoms with Gasteiger partial charge in [0.15, 0.2) is 0 Å². The predicted molar refractivity (Wildman–Crippen MR) is 129 cm³/mol. The lowest BCUT2D eigenvalue weighted by Crippen LogP contribution is -2.57. The van der Waals surface area contributed by atoms with Gasteiger partial charge in [-0.05, 0) is 42.5 Å². The van der Waals surface area contributed by atoms with Gasteiger partial charge >= 0.3 is 0 Å². The van der Waals surface area contributed by atoms with Crippen molar-refractivity contribution < 1.29 is 19.1 Å². The number of hydrogen-bond donors (Lipinski definition) is 1. The Balaban J connectivity index is 1.40. The van der Waals surface area contributed by atoms with Gasteiger partial charge in [-0.3, -0.25) is 19.5 Å². The summed E-state index contributed by atoms with van der Waals surface area (Å²) >= 11 is 0. The first-order valence-electron chi connectivity index (χ1n) is 12.0. The first-order valence-corrected chi connectivity index (χ1v) is 12.0. The lowest BCUT2D eigenvalue weighted by atomic mass is 9.94. The van der Waals surface area contributed by atoms with E-state index >= 15 is 0 Å². The number of amides is 2. The van der Waals surface area contributed by atoms with Crippen molar-refractivity contribution in [2.45, 2.75) is 38.3 Å². The maximum absolute atomic E-state index is 13.3. The number of ether oxygens (including phenoxy) is 2. The van der Waals surface area contributed by atoms with Crippen molar-refractivity contribution in [3.63, 3.8) is 0 Å². The molecule has 8 nitrogen and oxygen atoms in total. The summed E-state index contributed by atoms with van der Waals surface area (Å²) in [4.78, 5) is 34.8. The molecule has 2 heterocycles. The Morgan fingerprint density at radius 1 is 1.09 bits per heavy atom. The van der Waals surface area contributed by atoms with Crippen molar-refractivity contribution in [3.05, 3.63) is 53.9 Å². The SMILES string of the molecule is COc1ccc(C(=O)N2CCN(C(C(=O)NCc3cccnc3)C3CCCC3)CC2)c(OC)c1. The van der Waals surface area contributed by atoms with E-state index in [0.717, 1.165) is 18.4 Å². The van der Waals surface area contributed by atoms with Gasteiger partial charge in [-0.2, -0.15) is 0 Å². The summed E-state index contributed by atoms with van der Waals surface area (Å²) in [5, 5.41) is 3.13. The molecule has 182 valence electrons. The molecule has 8 heteroatoms. The number of piperazine rings is 1. The summed E-state index contributed by atoms with van der Waals surface area (Å²) in [5.74, 6) is 1.53. The molecule has 34 heavy (non-hydrogen) atoms. The topological polar surface area (TPSA) is 84.0 Å². The highest BCUT2D eigenvalue weighted by molar-refractivity contribution is 5.97. The van der Waals surface area contributed by atoms with E-state index in [1.165, 1.54) is 12.8 Å². The van der Waals surface area contributed by atoms with Crippen LogP contribution in [0, 0.1) is 5.92 Å². The normalized spacial score (nSPS) is 17.9. The zero-order valence-electron chi connectivity index (χ0n) is 20.0. The van der Waals surface area contributed by atoms with Crippen LogP contribution in [0.2, 0.25) is 0 Å². The lowest BCUT2D eigenvalue weighted by molar-refractivity contribution is -0.129. The molecule has 0 radical (unpaired) electrons. The Bertz CT molecular complexity index is 970. The van der Waals surface area contributed by atoms with Gasteiger partial charge < -0.3 is 19.7 Å². The monoisotopic (exact) mass is 466 g/mol. The molecule has 2 amide bonds. The summed E-state index contributed by atoms with van der Waals surface area (Å²) < 4.78 is 10.7. The van der Waals surface area contributed by atoms with Gasteiger partial charge in [0.2, 0.25) is 5.91 Å². The number of benzene rings is 1. The molecule has 4 rings (SSSR count). The Labute approximate surface area is 201 Å². The largest absolute Gasteiger partial charge is 0.497 e. The molecule has 1 aliphatic carbocycles. The quantitative estimate of drug-likeness (QED) is 0.644. The fourth-order valence-corrected chi connectivity index (χ4v) is 5.10. The van der Waals surface area contributed by atoms with Gasteiger partial charge in [0, 0.05) is 51.2 Å². The molecule has 1 N–H and O–H groups in total. The van der Waals surface area contributed by atoms with E-state index in [0.29, 0.717) is 55.7 Å². The van der Waals surface area contributed by atoms with Crippen molar-refractivity contribution in [1.82, 2.24) is 20.1 Å². The predicted octanol–water partition coefficient (Wildman–Crippen LogP) is 2.73. The molecule has 1 aromatic heterocycles. The van der Waals surface area contributed by atoms with Gasteiger partial charge in [-0.25, -0.2) is 0 Å². The van der Waals surface area contributed by atoms with Crippen molar-refractivity contribution in [3.8, 4) is 11.5 Å². The molecule has 1 aromatic carbocycles. The molecule has 1 aliphatic heterocycles. The molecule has 1 atom stereocenters. The third kappa shape index (κ3) is 5.50. The molecule has 2 fully saturated rings. The van der Waals surface area contributed by atoms with Crippen molar-refractivity contribution in [1.29, 1.82) is 0 Å². The van der Waals surface area contributed by atoms with Crippen LogP contribution >= 0.6 is 0 Å². The molecule has 1 saturated carbocycles. The highest BCUT2D eigenvalue weighted by Gasteiger charge is 2.37. The molecular weight excluding hydrogens is 432 g/mol. The second-order valence-electron chi connectivity index (χ2n) is 8.96. The van der Waals surface area contributed by atoms with Crippen LogP contribution in [0.4, 0.5) is 0 Å². The Kier molecular flexibility index (Phi) is 8.00. The zero-order valence-corrected chi connectivity index (χ0v) is 20.0. The highest BCUT2D eigenvalue weighted by atomic mass is 16.5. The third-order valence-corrected chi connectivity index (χ3v) is 6.94. The van der Waals surface area contributed by atoms with Crippen LogP contribution in [0.5, 0.6) is 11.5 Å². The molecule has 0 spiro atoms. The molecular formula is C26H34N4O4. The number of hydrogen-bond acceptors (Lipinski definition) is 6. The van der Waals surface area contributed by atoms with E-state index in [1.807, 2.05) is 17.0 Å². The van der Waals surface area contributed by atoms with E-state index in [4.69, 9.17) is 9.47 Å². The van der Waals surface area contributed by atoms with Gasteiger partial charge in [0.25, 0.3) is 5.91 Å². The maximum atomic E-state index is 13.3. The summed E-state index contributed by atoms with van der Waals surface area (Å²) in [7, 11) is 3.14. The van der Waals surface area contributed by atoms with E-state index in [1.54, 1.807) is 44.8 Å². The van der Waals surface area contributed by atoms with Crippen LogP contribution in [0.25, 0.3) is 0 Å². The van der Waals surface area contributed by atoms with E-state index in [9.17, 15) is 9.59 Å². The molecule has 2 aromatic rings. The maximum Gasteiger partial charge on any atom is 0.257 e. The van der Waals surface area contributed by atoms with E-state index < -0.39 is 0 Å². The number of carbonyl (C=O) groups is 2. The minimum absolute atomic E-state index is 0.0578. The van der Waals surface area contributed by atoms with Crippen LogP contribution < -0.4 is 14.8 Å². The number of aromatic nitrogens is 1. The van der Waals surface area contributed by atoms with Crippen molar-refractivity contribution in [2.24, 2.45) is 5.92 Å². The summed E-state index contributed by atoms with van der Waals surface area (Å²) in [6.07, 6.45) is 8.01. The minimum atomic E-state index is -0.160. The average Bonchev–Trinajstić information content (AvgIpc) is 3.42. The number of methoxy groups -OCH3 is 2. The number of nitrogens with one attached hydrogen (secondary N) is 1. The highest BCUT2D eigenvalue weighted by Crippen LogP contribution is 2.32. The van der Waals surface area contributed by atoms with Crippen LogP contribution in [-0.4, -0.2) is 73.0 Å². The fraction of sp³-hybridized carbons (Fsp3) is 0.500. The third-order valence-electron chi connectivity index (χ3n) is 6.94. The zero-order chi connectivity index (χ0) is 23.9. The Morgan fingerprint density at radius 2 is 1.85 bits per heavy atom. The number of pyridine rings is 1.